The van der Waals surface area contributed by atoms with Crippen molar-refractivity contribution in [2.45, 2.75) is 44.6 Å². The summed E-state index contributed by atoms with van der Waals surface area (Å²) in [7, 11) is 0. The summed E-state index contributed by atoms with van der Waals surface area (Å²) in [5.74, 6) is -0.319. The molecule has 2 aromatic carbocycles. The monoisotopic (exact) mass is 348 g/mol. The van der Waals surface area contributed by atoms with Crippen LogP contribution in [0, 0.1) is 0 Å². The molecule has 2 aliphatic carbocycles. The van der Waals surface area contributed by atoms with Crippen molar-refractivity contribution in [1.29, 1.82) is 0 Å². The van der Waals surface area contributed by atoms with E-state index in [4.69, 9.17) is 0 Å². The summed E-state index contributed by atoms with van der Waals surface area (Å²) >= 11 is 0. The van der Waals surface area contributed by atoms with E-state index >= 15 is 0 Å². The van der Waals surface area contributed by atoms with Crippen molar-refractivity contribution in [3.05, 3.63) is 70.3 Å². The van der Waals surface area contributed by atoms with Gasteiger partial charge >= 0.3 is 0 Å². The van der Waals surface area contributed by atoms with Crippen molar-refractivity contribution >= 4 is 11.8 Å². The van der Waals surface area contributed by atoms with Crippen LogP contribution in [0.15, 0.2) is 42.5 Å². The first-order valence-electron chi connectivity index (χ1n) is 9.48. The van der Waals surface area contributed by atoms with Crippen LogP contribution in [-0.2, 0) is 24.1 Å². The van der Waals surface area contributed by atoms with E-state index < -0.39 is 0 Å². The summed E-state index contributed by atoms with van der Waals surface area (Å²) in [6.45, 7) is 0.00852. The van der Waals surface area contributed by atoms with Crippen LogP contribution in [0.1, 0.15) is 57.9 Å². The molecule has 0 aromatic heterocycles. The zero-order valence-electron chi connectivity index (χ0n) is 14.9. The van der Waals surface area contributed by atoms with Gasteiger partial charge < -0.3 is 10.6 Å². The van der Waals surface area contributed by atoms with Gasteiger partial charge in [0.05, 0.1) is 12.6 Å². The number of carbonyl (C=O) groups is 2. The molecule has 134 valence electrons. The summed E-state index contributed by atoms with van der Waals surface area (Å²) in [4.78, 5) is 24.7. The molecule has 2 aromatic rings. The fraction of sp³-hybridized carbons (Fsp3) is 0.364. The first-order chi connectivity index (χ1) is 12.7. The zero-order valence-corrected chi connectivity index (χ0v) is 14.9. The Morgan fingerprint density at radius 2 is 1.73 bits per heavy atom. The molecule has 4 nitrogen and oxygen atoms in total. The molecule has 0 radical (unpaired) electrons. The number of aryl methyl sites for hydroxylation is 3. The van der Waals surface area contributed by atoms with Crippen molar-refractivity contribution in [2.75, 3.05) is 6.54 Å². The number of benzene rings is 2. The Labute approximate surface area is 154 Å². The fourth-order valence-electron chi connectivity index (χ4n) is 4.12. The van der Waals surface area contributed by atoms with Crippen LogP contribution in [0.3, 0.4) is 0 Å². The van der Waals surface area contributed by atoms with Gasteiger partial charge in [0.2, 0.25) is 5.91 Å². The van der Waals surface area contributed by atoms with Gasteiger partial charge in [-0.15, -0.1) is 0 Å². The molecular formula is C22H24N2O2. The van der Waals surface area contributed by atoms with Gasteiger partial charge in [0.1, 0.15) is 0 Å². The molecular weight excluding hydrogens is 324 g/mol. The maximum Gasteiger partial charge on any atom is 0.251 e. The summed E-state index contributed by atoms with van der Waals surface area (Å²) in [6.07, 6.45) is 6.38. The van der Waals surface area contributed by atoms with Crippen LogP contribution in [0.4, 0.5) is 0 Å². The SMILES string of the molecule is O=C(CNC(=O)c1ccc2c(c1)CCC2)N[C@@H]1CCCc2ccccc21. The van der Waals surface area contributed by atoms with E-state index in [2.05, 4.69) is 22.8 Å². The van der Waals surface area contributed by atoms with E-state index in [-0.39, 0.29) is 24.4 Å². The minimum Gasteiger partial charge on any atom is -0.348 e. The number of nitrogens with one attached hydrogen (secondary N) is 2. The highest BCUT2D eigenvalue weighted by Gasteiger charge is 2.21. The molecule has 0 heterocycles. The Kier molecular flexibility index (Phi) is 4.74. The molecule has 0 spiro atoms. The zero-order chi connectivity index (χ0) is 17.9. The number of carbonyl (C=O) groups excluding carboxylic acids is 2. The van der Waals surface area contributed by atoms with Crippen molar-refractivity contribution in [2.24, 2.45) is 0 Å². The third kappa shape index (κ3) is 3.50. The topological polar surface area (TPSA) is 58.2 Å². The van der Waals surface area contributed by atoms with Crippen molar-refractivity contribution in [3.63, 3.8) is 0 Å². The quantitative estimate of drug-likeness (QED) is 0.892. The van der Waals surface area contributed by atoms with Crippen molar-refractivity contribution in [3.8, 4) is 0 Å². The number of fused-ring (bicyclic) bond motifs is 2. The molecule has 2 N–H and O–H groups in total. The van der Waals surface area contributed by atoms with Crippen LogP contribution < -0.4 is 10.6 Å². The summed E-state index contributed by atoms with van der Waals surface area (Å²) < 4.78 is 0. The Bertz CT molecular complexity index is 844. The molecule has 0 fully saturated rings. The molecule has 0 saturated carbocycles. The van der Waals surface area contributed by atoms with E-state index in [0.29, 0.717) is 5.56 Å². The minimum atomic E-state index is -0.182. The molecule has 26 heavy (non-hydrogen) atoms. The number of rotatable bonds is 4. The number of amides is 2. The summed E-state index contributed by atoms with van der Waals surface area (Å²) in [5, 5.41) is 5.82. The van der Waals surface area contributed by atoms with E-state index in [0.717, 1.165) is 38.5 Å². The van der Waals surface area contributed by atoms with Crippen molar-refractivity contribution < 1.29 is 9.59 Å². The fourth-order valence-corrected chi connectivity index (χ4v) is 4.12. The molecule has 2 amide bonds. The van der Waals surface area contributed by atoms with E-state index in [1.54, 1.807) is 0 Å². The minimum absolute atomic E-state index is 0.00852. The Balaban J connectivity index is 1.34. The van der Waals surface area contributed by atoms with Gasteiger partial charge in [-0.3, -0.25) is 9.59 Å². The largest absolute Gasteiger partial charge is 0.348 e. The Morgan fingerprint density at radius 1 is 0.923 bits per heavy atom. The lowest BCUT2D eigenvalue weighted by molar-refractivity contribution is -0.121. The average molecular weight is 348 g/mol. The Morgan fingerprint density at radius 3 is 2.65 bits per heavy atom. The molecule has 0 saturated heterocycles. The van der Waals surface area contributed by atoms with Crippen LogP contribution in [0.5, 0.6) is 0 Å². The molecule has 2 aliphatic rings. The van der Waals surface area contributed by atoms with E-state index in [1.165, 1.54) is 22.3 Å². The predicted octanol–water partition coefficient (Wildman–Crippen LogP) is 3.10. The van der Waals surface area contributed by atoms with Gasteiger partial charge in [-0.25, -0.2) is 0 Å². The van der Waals surface area contributed by atoms with Gasteiger partial charge in [0.15, 0.2) is 0 Å². The summed E-state index contributed by atoms with van der Waals surface area (Å²) in [6, 6.07) is 14.2. The van der Waals surface area contributed by atoms with Gasteiger partial charge in [0.25, 0.3) is 5.91 Å². The number of hydrogen-bond acceptors (Lipinski definition) is 2. The third-order valence-electron chi connectivity index (χ3n) is 5.47. The second-order valence-electron chi connectivity index (χ2n) is 7.23. The standard InChI is InChI=1S/C22H24N2O2/c25-21(24-20-10-4-7-16-5-1-2-9-19(16)20)14-23-22(26)18-12-11-15-6-3-8-17(15)13-18/h1-2,5,9,11-13,20H,3-4,6-8,10,14H2,(H,23,26)(H,24,25)/t20-/m1/s1. The predicted molar refractivity (Wildman–Crippen MR) is 101 cm³/mol. The highest BCUT2D eigenvalue weighted by Crippen LogP contribution is 2.29. The summed E-state index contributed by atoms with van der Waals surface area (Å²) in [5.41, 5.74) is 5.76. The van der Waals surface area contributed by atoms with Crippen LogP contribution in [-0.4, -0.2) is 18.4 Å². The van der Waals surface area contributed by atoms with Crippen LogP contribution in [0.2, 0.25) is 0 Å². The second-order valence-corrected chi connectivity index (χ2v) is 7.23. The average Bonchev–Trinajstić information content (AvgIpc) is 3.14. The first-order valence-corrected chi connectivity index (χ1v) is 9.48. The number of hydrogen-bond donors (Lipinski definition) is 2. The van der Waals surface area contributed by atoms with Crippen molar-refractivity contribution in [1.82, 2.24) is 10.6 Å². The maximum absolute atomic E-state index is 12.3. The van der Waals surface area contributed by atoms with Gasteiger partial charge in [-0.2, -0.15) is 0 Å². The molecule has 1 atom stereocenters. The van der Waals surface area contributed by atoms with Gasteiger partial charge in [0, 0.05) is 5.56 Å². The highest BCUT2D eigenvalue weighted by atomic mass is 16.2. The lowest BCUT2D eigenvalue weighted by Gasteiger charge is -2.26. The van der Waals surface area contributed by atoms with E-state index in [1.807, 2.05) is 30.3 Å². The molecule has 0 aliphatic heterocycles. The third-order valence-corrected chi connectivity index (χ3v) is 5.47. The normalized spacial score (nSPS) is 17.9. The first kappa shape index (κ1) is 16.8. The van der Waals surface area contributed by atoms with Crippen LogP contribution in [0.25, 0.3) is 0 Å². The lowest BCUT2D eigenvalue weighted by atomic mass is 9.88. The molecule has 0 bridgehead atoms. The lowest BCUT2D eigenvalue weighted by Crippen LogP contribution is -2.39. The maximum atomic E-state index is 12.3. The van der Waals surface area contributed by atoms with E-state index in [9.17, 15) is 9.59 Å². The van der Waals surface area contributed by atoms with Gasteiger partial charge in [-0.1, -0.05) is 30.3 Å². The molecule has 0 unspecified atom stereocenters. The molecule has 4 heteroatoms. The molecule has 4 rings (SSSR count). The Hall–Kier alpha value is -2.62. The van der Waals surface area contributed by atoms with Crippen LogP contribution >= 0.6 is 0 Å². The second kappa shape index (κ2) is 7.32. The smallest absolute Gasteiger partial charge is 0.251 e. The van der Waals surface area contributed by atoms with Gasteiger partial charge in [-0.05, 0) is 72.9 Å². The highest BCUT2D eigenvalue weighted by molar-refractivity contribution is 5.96.